The van der Waals surface area contributed by atoms with E-state index < -0.39 is 15.3 Å². The molecule has 0 aromatic heterocycles. The van der Waals surface area contributed by atoms with Gasteiger partial charge in [0.05, 0.1) is 15.3 Å². The summed E-state index contributed by atoms with van der Waals surface area (Å²) in [6.07, 6.45) is 0. The molecule has 0 aliphatic rings. The molecule has 8 N–H and O–H groups in total. The van der Waals surface area contributed by atoms with Crippen LogP contribution in [0.4, 0.5) is 0 Å². The molecule has 15 heteroatoms. The van der Waals surface area contributed by atoms with E-state index in [-0.39, 0.29) is 41.9 Å². The number of hydrogen-bond acceptors (Lipinski definition) is 9. The Morgan fingerprint density at radius 1 is 0.533 bits per heavy atom. The van der Waals surface area contributed by atoms with Crippen LogP contribution in [0.2, 0.25) is 0 Å². The fourth-order valence-electron chi connectivity index (χ4n) is 0. The van der Waals surface area contributed by atoms with Crippen LogP contribution in [0, 0.1) is 46.0 Å². The smallest absolute Gasteiger partial charge is 0.369 e. The average molecular weight is 245 g/mol. The van der Waals surface area contributed by atoms with Gasteiger partial charge in [0, 0.05) is 0 Å². The summed E-state index contributed by atoms with van der Waals surface area (Å²) in [4.78, 5) is 24.8. The van der Waals surface area contributed by atoms with Gasteiger partial charge in [0.2, 0.25) is 0 Å². The van der Waals surface area contributed by atoms with Gasteiger partial charge in [0.1, 0.15) is 0 Å². The molecule has 0 spiro atoms. The molecule has 0 aromatic carbocycles. The van der Waals surface area contributed by atoms with E-state index in [0.717, 1.165) is 0 Å². The Morgan fingerprint density at radius 3 is 0.533 bits per heavy atom. The second kappa shape index (κ2) is 29.4. The minimum absolute atomic E-state index is 0. The van der Waals surface area contributed by atoms with Crippen molar-refractivity contribution < 1.29 is 44.8 Å². The summed E-state index contributed by atoms with van der Waals surface area (Å²) in [5.74, 6) is 0. The molecule has 0 rings (SSSR count). The molecule has 0 heterocycles. The maximum atomic E-state index is 8.25. The van der Waals surface area contributed by atoms with Gasteiger partial charge in [0.15, 0.2) is 0 Å². The molecular weight excluding hydrogens is 237 g/mol. The zero-order valence-electron chi connectivity index (χ0n) is 8.02. The SMILES string of the molecule is O=[N+]([O-])[O-].O=[N+]([O-])[O-].O=[N+]([O-])[O-].[NH4+].[NH4+].[Na+]. The van der Waals surface area contributed by atoms with Crippen LogP contribution >= 0.6 is 0 Å². The van der Waals surface area contributed by atoms with E-state index in [1.807, 2.05) is 0 Å². The predicted molar refractivity (Wildman–Crippen MR) is 43.1 cm³/mol. The molecule has 0 fully saturated rings. The molecule has 0 aliphatic carbocycles. The molecule has 0 unspecified atom stereocenters. The second-order valence-electron chi connectivity index (χ2n) is 0.671. The number of hydrogen-bond donors (Lipinski definition) is 2. The van der Waals surface area contributed by atoms with E-state index >= 15 is 0 Å². The molecule has 0 aliphatic heterocycles. The first-order valence-corrected chi connectivity index (χ1v) is 1.64. The van der Waals surface area contributed by atoms with Crippen molar-refractivity contribution in [2.24, 2.45) is 0 Å². The Kier molecular flexibility index (Phi) is 73.4. The minimum Gasteiger partial charge on any atom is -0.369 e. The third kappa shape index (κ3) is 633. The molecule has 0 saturated heterocycles. The summed E-state index contributed by atoms with van der Waals surface area (Å²) < 4.78 is 0. The summed E-state index contributed by atoms with van der Waals surface area (Å²) in [5, 5.41) is 44.2. The molecular formula is H8N5NaO9. The second-order valence-corrected chi connectivity index (χ2v) is 0.671. The first-order valence-electron chi connectivity index (χ1n) is 1.64. The Balaban J connectivity index is -0.0000000184. The predicted octanol–water partition coefficient (Wildman–Crippen LogP) is -2.96. The molecule has 14 nitrogen and oxygen atoms in total. The topological polar surface area (TPSA) is 272 Å². The van der Waals surface area contributed by atoms with Crippen molar-refractivity contribution in [3.8, 4) is 0 Å². The van der Waals surface area contributed by atoms with E-state index in [4.69, 9.17) is 46.0 Å². The largest absolute Gasteiger partial charge is 1.00 e. The fourth-order valence-corrected chi connectivity index (χ4v) is 0. The van der Waals surface area contributed by atoms with Gasteiger partial charge in [-0.25, -0.2) is 0 Å². The van der Waals surface area contributed by atoms with Gasteiger partial charge in [-0.3, -0.25) is 0 Å². The number of quaternary nitrogens is 2. The van der Waals surface area contributed by atoms with Crippen LogP contribution < -0.4 is 41.9 Å². The molecule has 0 aromatic rings. The summed E-state index contributed by atoms with van der Waals surface area (Å²) in [6, 6.07) is 0. The maximum absolute atomic E-state index is 8.25. The first kappa shape index (κ1) is 37.5. The fraction of sp³-hybridized carbons (Fsp3) is 0. The minimum atomic E-state index is -1.75. The summed E-state index contributed by atoms with van der Waals surface area (Å²) in [7, 11) is 0. The van der Waals surface area contributed by atoms with Gasteiger partial charge in [-0.1, -0.05) is 0 Å². The molecule has 0 amide bonds. The van der Waals surface area contributed by atoms with Crippen molar-refractivity contribution in [2.75, 3.05) is 0 Å². The molecule has 15 heavy (non-hydrogen) atoms. The van der Waals surface area contributed by atoms with Crippen LogP contribution in [0.15, 0.2) is 0 Å². The van der Waals surface area contributed by atoms with Crippen LogP contribution in [0.5, 0.6) is 0 Å². The van der Waals surface area contributed by atoms with Crippen molar-refractivity contribution >= 4 is 0 Å². The van der Waals surface area contributed by atoms with Gasteiger partial charge in [-0.15, -0.1) is 0 Å². The Bertz CT molecular complexity index is 116. The molecule has 0 bridgehead atoms. The van der Waals surface area contributed by atoms with Gasteiger partial charge >= 0.3 is 29.6 Å². The van der Waals surface area contributed by atoms with Crippen molar-refractivity contribution in [2.45, 2.75) is 0 Å². The Hall–Kier alpha value is -1.48. The van der Waals surface area contributed by atoms with E-state index in [1.54, 1.807) is 0 Å². The normalized spacial score (nSPS) is 4.80. The Morgan fingerprint density at radius 2 is 0.533 bits per heavy atom. The summed E-state index contributed by atoms with van der Waals surface area (Å²) in [6.45, 7) is 0. The van der Waals surface area contributed by atoms with E-state index in [2.05, 4.69) is 0 Å². The van der Waals surface area contributed by atoms with Gasteiger partial charge in [0.25, 0.3) is 0 Å². The summed E-state index contributed by atoms with van der Waals surface area (Å²) >= 11 is 0. The third-order valence-electron chi connectivity index (χ3n) is 0. The summed E-state index contributed by atoms with van der Waals surface area (Å²) in [5.41, 5.74) is 0. The first-order chi connectivity index (χ1) is 5.20. The monoisotopic (exact) mass is 245 g/mol. The van der Waals surface area contributed by atoms with E-state index in [1.165, 1.54) is 0 Å². The van der Waals surface area contributed by atoms with E-state index in [0.29, 0.717) is 0 Å². The van der Waals surface area contributed by atoms with Crippen molar-refractivity contribution in [1.82, 2.24) is 12.3 Å². The van der Waals surface area contributed by atoms with Crippen LogP contribution in [0.3, 0.4) is 0 Å². The van der Waals surface area contributed by atoms with Crippen molar-refractivity contribution in [3.05, 3.63) is 46.0 Å². The van der Waals surface area contributed by atoms with Crippen LogP contribution in [-0.2, 0) is 0 Å². The standard InChI is InChI=1S/3NO3.2H3N.Na/c3*2-1(3)4;;;/h;;;2*1H3;/q3*-1;;;+1/p+2. The maximum Gasteiger partial charge on any atom is 1.00 e. The quantitative estimate of drug-likeness (QED) is 0.250. The number of nitrogens with zero attached hydrogens (tertiary/aromatic N) is 3. The number of rotatable bonds is 0. The van der Waals surface area contributed by atoms with Gasteiger partial charge in [-0.2, -0.15) is 0 Å². The average Bonchev–Trinajstić information content (AvgIpc) is 1.54. The third-order valence-corrected chi connectivity index (χ3v) is 0. The molecule has 0 atom stereocenters. The zero-order valence-corrected chi connectivity index (χ0v) is 10.0. The van der Waals surface area contributed by atoms with Crippen LogP contribution in [0.25, 0.3) is 0 Å². The molecule has 0 radical (unpaired) electrons. The van der Waals surface area contributed by atoms with Crippen LogP contribution in [0.1, 0.15) is 0 Å². The van der Waals surface area contributed by atoms with Gasteiger partial charge in [-0.05, 0) is 0 Å². The van der Waals surface area contributed by atoms with Crippen molar-refractivity contribution in [1.29, 1.82) is 0 Å². The van der Waals surface area contributed by atoms with Crippen LogP contribution in [-0.4, -0.2) is 15.3 Å². The van der Waals surface area contributed by atoms with Crippen molar-refractivity contribution in [3.63, 3.8) is 0 Å². The molecule has 88 valence electrons. The van der Waals surface area contributed by atoms with E-state index in [9.17, 15) is 0 Å². The van der Waals surface area contributed by atoms with Gasteiger partial charge < -0.3 is 58.3 Å². The zero-order chi connectivity index (χ0) is 10.7. The Labute approximate surface area is 103 Å². The molecule has 0 saturated carbocycles.